The molecule has 2 aliphatic heterocycles. The summed E-state index contributed by atoms with van der Waals surface area (Å²) in [7, 11) is 0. The number of rotatable bonds is 5. The Morgan fingerprint density at radius 1 is 1.12 bits per heavy atom. The minimum Gasteiger partial charge on any atom is -0.474 e. The highest BCUT2D eigenvalue weighted by molar-refractivity contribution is 5.68. The molecule has 0 radical (unpaired) electrons. The summed E-state index contributed by atoms with van der Waals surface area (Å²) in [6.45, 7) is 6.52. The first-order valence-electron chi connectivity index (χ1n) is 11.0. The van der Waals surface area contributed by atoms with E-state index >= 15 is 0 Å². The van der Waals surface area contributed by atoms with Crippen LogP contribution in [0.5, 0.6) is 5.88 Å². The third kappa shape index (κ3) is 3.84. The van der Waals surface area contributed by atoms with E-state index in [1.165, 1.54) is 0 Å². The number of hydrogen-bond acceptors (Lipinski definition) is 9. The van der Waals surface area contributed by atoms with Crippen molar-refractivity contribution >= 4 is 17.5 Å². The molecule has 0 spiro atoms. The fourth-order valence-electron chi connectivity index (χ4n) is 4.15. The molecule has 9 heteroatoms. The van der Waals surface area contributed by atoms with Crippen molar-refractivity contribution in [3.05, 3.63) is 47.5 Å². The SMILES string of the molecule is CC(C)c1noc(N2CCC(Oc3ncnc4c3CCN4c3ccc(C#N)cc3)CC2)n1. The highest BCUT2D eigenvalue weighted by atomic mass is 16.5. The Labute approximate surface area is 186 Å². The third-order valence-electron chi connectivity index (χ3n) is 5.97. The summed E-state index contributed by atoms with van der Waals surface area (Å²) in [5.74, 6) is 2.53. The Bertz CT molecular complexity index is 1130. The Balaban J connectivity index is 1.25. The molecule has 2 aromatic heterocycles. The van der Waals surface area contributed by atoms with E-state index in [1.54, 1.807) is 6.33 Å². The molecule has 1 saturated heterocycles. The molecular weight excluding hydrogens is 406 g/mol. The van der Waals surface area contributed by atoms with Gasteiger partial charge in [-0.1, -0.05) is 19.0 Å². The molecule has 3 aromatic rings. The smallest absolute Gasteiger partial charge is 0.324 e. The number of anilines is 3. The van der Waals surface area contributed by atoms with E-state index in [1.807, 2.05) is 24.3 Å². The first-order valence-corrected chi connectivity index (χ1v) is 11.0. The molecule has 164 valence electrons. The molecule has 1 aromatic carbocycles. The van der Waals surface area contributed by atoms with E-state index in [2.05, 4.69) is 49.8 Å². The molecular formula is C23H25N7O2. The first-order chi connectivity index (χ1) is 15.6. The predicted molar refractivity (Wildman–Crippen MR) is 118 cm³/mol. The number of ether oxygens (including phenoxy) is 1. The lowest BCUT2D eigenvalue weighted by Gasteiger charge is -2.30. The number of fused-ring (bicyclic) bond motifs is 1. The molecule has 0 aliphatic carbocycles. The maximum absolute atomic E-state index is 9.03. The number of nitriles is 1. The van der Waals surface area contributed by atoms with Crippen molar-refractivity contribution in [2.75, 3.05) is 29.4 Å². The van der Waals surface area contributed by atoms with Crippen LogP contribution in [0.4, 0.5) is 17.5 Å². The van der Waals surface area contributed by atoms with E-state index in [0.717, 1.165) is 61.8 Å². The van der Waals surface area contributed by atoms with Crippen LogP contribution in [0.1, 0.15) is 49.6 Å². The molecule has 0 atom stereocenters. The normalized spacial score (nSPS) is 16.3. The van der Waals surface area contributed by atoms with Gasteiger partial charge in [0.15, 0.2) is 5.82 Å². The number of aromatic nitrogens is 4. The molecule has 5 rings (SSSR count). The van der Waals surface area contributed by atoms with E-state index < -0.39 is 0 Å². The molecule has 0 saturated carbocycles. The summed E-state index contributed by atoms with van der Waals surface area (Å²) >= 11 is 0. The average molecular weight is 432 g/mol. The van der Waals surface area contributed by atoms with Gasteiger partial charge in [0.1, 0.15) is 18.2 Å². The summed E-state index contributed by atoms with van der Waals surface area (Å²) in [4.78, 5) is 17.7. The van der Waals surface area contributed by atoms with Gasteiger partial charge in [-0.2, -0.15) is 10.2 Å². The van der Waals surface area contributed by atoms with Crippen molar-refractivity contribution in [2.24, 2.45) is 0 Å². The zero-order chi connectivity index (χ0) is 22.1. The second-order valence-corrected chi connectivity index (χ2v) is 8.44. The lowest BCUT2D eigenvalue weighted by atomic mass is 10.1. The second kappa shape index (κ2) is 8.46. The number of piperidine rings is 1. The summed E-state index contributed by atoms with van der Waals surface area (Å²) in [6.07, 6.45) is 4.19. The van der Waals surface area contributed by atoms with Gasteiger partial charge >= 0.3 is 6.01 Å². The van der Waals surface area contributed by atoms with Gasteiger partial charge < -0.3 is 19.1 Å². The third-order valence-corrected chi connectivity index (χ3v) is 5.97. The van der Waals surface area contributed by atoms with Crippen molar-refractivity contribution in [2.45, 2.75) is 45.1 Å². The number of hydrogen-bond donors (Lipinski definition) is 0. The van der Waals surface area contributed by atoms with E-state index in [-0.39, 0.29) is 12.0 Å². The van der Waals surface area contributed by atoms with E-state index in [9.17, 15) is 0 Å². The van der Waals surface area contributed by atoms with Crippen LogP contribution in [0.25, 0.3) is 0 Å². The van der Waals surface area contributed by atoms with Crippen LogP contribution >= 0.6 is 0 Å². The van der Waals surface area contributed by atoms with Crippen molar-refractivity contribution in [3.63, 3.8) is 0 Å². The molecule has 0 unspecified atom stereocenters. The number of nitrogens with zero attached hydrogens (tertiary/aromatic N) is 7. The lowest BCUT2D eigenvalue weighted by Crippen LogP contribution is -2.38. The highest BCUT2D eigenvalue weighted by Crippen LogP contribution is 2.37. The van der Waals surface area contributed by atoms with Crippen molar-refractivity contribution in [1.82, 2.24) is 20.1 Å². The monoisotopic (exact) mass is 431 g/mol. The number of benzene rings is 1. The minimum atomic E-state index is 0.0849. The lowest BCUT2D eigenvalue weighted by molar-refractivity contribution is 0.160. The van der Waals surface area contributed by atoms with Gasteiger partial charge in [0.2, 0.25) is 5.88 Å². The van der Waals surface area contributed by atoms with E-state index in [0.29, 0.717) is 17.5 Å². The Morgan fingerprint density at radius 3 is 2.59 bits per heavy atom. The Kier molecular flexibility index (Phi) is 5.35. The fraction of sp³-hybridized carbons (Fsp3) is 0.435. The molecule has 0 N–H and O–H groups in total. The highest BCUT2D eigenvalue weighted by Gasteiger charge is 2.29. The van der Waals surface area contributed by atoms with Crippen LogP contribution in [0.3, 0.4) is 0 Å². The van der Waals surface area contributed by atoms with Gasteiger partial charge in [0, 0.05) is 44.1 Å². The van der Waals surface area contributed by atoms with Gasteiger partial charge in [0.05, 0.1) is 17.2 Å². The van der Waals surface area contributed by atoms with Crippen LogP contribution in [-0.2, 0) is 6.42 Å². The van der Waals surface area contributed by atoms with Gasteiger partial charge in [-0.25, -0.2) is 9.97 Å². The first kappa shape index (κ1) is 20.2. The molecule has 0 bridgehead atoms. The van der Waals surface area contributed by atoms with Crippen LogP contribution in [-0.4, -0.2) is 45.8 Å². The van der Waals surface area contributed by atoms with Crippen LogP contribution in [0.15, 0.2) is 35.1 Å². The average Bonchev–Trinajstić information content (AvgIpc) is 3.48. The zero-order valence-electron chi connectivity index (χ0n) is 18.2. The Morgan fingerprint density at radius 2 is 1.91 bits per heavy atom. The molecule has 2 aliphatic rings. The molecule has 1 fully saturated rings. The molecule has 9 nitrogen and oxygen atoms in total. The van der Waals surface area contributed by atoms with Gasteiger partial charge in [0.25, 0.3) is 0 Å². The summed E-state index contributed by atoms with van der Waals surface area (Å²) in [5, 5.41) is 13.1. The van der Waals surface area contributed by atoms with Gasteiger partial charge in [-0.3, -0.25) is 0 Å². The minimum absolute atomic E-state index is 0.0849. The fourth-order valence-corrected chi connectivity index (χ4v) is 4.15. The summed E-state index contributed by atoms with van der Waals surface area (Å²) < 4.78 is 11.8. The van der Waals surface area contributed by atoms with Crippen LogP contribution < -0.4 is 14.5 Å². The van der Waals surface area contributed by atoms with Crippen molar-refractivity contribution in [1.29, 1.82) is 5.26 Å². The van der Waals surface area contributed by atoms with E-state index in [4.69, 9.17) is 14.5 Å². The van der Waals surface area contributed by atoms with Gasteiger partial charge in [-0.15, -0.1) is 0 Å². The van der Waals surface area contributed by atoms with Crippen LogP contribution in [0, 0.1) is 11.3 Å². The standard InChI is InChI=1S/C23H25N7O2/c1-15(2)20-27-23(32-28-20)29-10-7-18(8-11-29)31-22-19-9-12-30(21(19)25-14-26-22)17-5-3-16(13-24)4-6-17/h3-6,14-15,18H,7-12H2,1-2H3. The van der Waals surface area contributed by atoms with Crippen molar-refractivity contribution < 1.29 is 9.26 Å². The van der Waals surface area contributed by atoms with Crippen molar-refractivity contribution in [3.8, 4) is 11.9 Å². The largest absolute Gasteiger partial charge is 0.474 e. The second-order valence-electron chi connectivity index (χ2n) is 8.44. The molecule has 4 heterocycles. The van der Waals surface area contributed by atoms with Gasteiger partial charge in [-0.05, 0) is 30.7 Å². The summed E-state index contributed by atoms with van der Waals surface area (Å²) in [6, 6.07) is 10.3. The summed E-state index contributed by atoms with van der Waals surface area (Å²) in [5.41, 5.74) is 2.70. The van der Waals surface area contributed by atoms with Crippen LogP contribution in [0.2, 0.25) is 0 Å². The topological polar surface area (TPSA) is 104 Å². The molecule has 32 heavy (non-hydrogen) atoms. The molecule has 0 amide bonds. The maximum atomic E-state index is 9.03. The maximum Gasteiger partial charge on any atom is 0.324 e. The Hall–Kier alpha value is -3.67. The predicted octanol–water partition coefficient (Wildman–Crippen LogP) is 3.60. The zero-order valence-corrected chi connectivity index (χ0v) is 18.2. The quantitative estimate of drug-likeness (QED) is 0.599.